The number of nitrogens with one attached hydrogen (secondary N) is 3. The highest BCUT2D eigenvalue weighted by atomic mass is 32.2. The number of aromatic nitrogens is 1. The minimum absolute atomic E-state index is 0.105. The molecule has 1 aromatic carbocycles. The minimum Gasteiger partial charge on any atom is -0.768 e. The fourth-order valence-electron chi connectivity index (χ4n) is 3.77. The van der Waals surface area contributed by atoms with E-state index < -0.39 is 11.1 Å². The molecule has 1 aromatic heterocycles. The lowest BCUT2D eigenvalue weighted by Crippen LogP contribution is -2.35. The van der Waals surface area contributed by atoms with Gasteiger partial charge in [-0.15, -0.1) is 0 Å². The van der Waals surface area contributed by atoms with Crippen molar-refractivity contribution in [3.63, 3.8) is 0 Å². The molecule has 0 aliphatic carbocycles. The number of carbonyl (C=O) groups excluding carboxylic acids is 2. The van der Waals surface area contributed by atoms with E-state index in [-0.39, 0.29) is 16.7 Å². The molecule has 0 bridgehead atoms. The maximum absolute atomic E-state index is 12.8. The second kappa shape index (κ2) is 9.59. The van der Waals surface area contributed by atoms with Crippen molar-refractivity contribution >= 4 is 40.2 Å². The van der Waals surface area contributed by atoms with Gasteiger partial charge in [-0.25, -0.2) is 0 Å². The fourth-order valence-corrected chi connectivity index (χ4v) is 4.17. The Morgan fingerprint density at radius 3 is 2.61 bits per heavy atom. The van der Waals surface area contributed by atoms with Gasteiger partial charge in [-0.3, -0.25) is 13.8 Å². The molecule has 0 radical (unpaired) electrons. The predicted molar refractivity (Wildman–Crippen MR) is 121 cm³/mol. The highest BCUT2D eigenvalue weighted by Crippen LogP contribution is 2.35. The van der Waals surface area contributed by atoms with Gasteiger partial charge >= 0.3 is 0 Å². The number of amides is 2. The zero-order valence-corrected chi connectivity index (χ0v) is 18.9. The first kappa shape index (κ1) is 22.9. The van der Waals surface area contributed by atoms with Gasteiger partial charge in [0, 0.05) is 40.6 Å². The summed E-state index contributed by atoms with van der Waals surface area (Å²) in [6.45, 7) is 11.0. The van der Waals surface area contributed by atoms with E-state index in [1.807, 2.05) is 13.8 Å². The van der Waals surface area contributed by atoms with Crippen LogP contribution in [0, 0.1) is 13.8 Å². The normalized spacial score (nSPS) is 15.3. The van der Waals surface area contributed by atoms with Gasteiger partial charge in [-0.05, 0) is 67.9 Å². The monoisotopic (exact) mass is 443 g/mol. The number of hydrogen-bond acceptors (Lipinski definition) is 5. The molecule has 166 valence electrons. The molecular formula is C22H27N4O4S-. The molecule has 0 fully saturated rings. The van der Waals surface area contributed by atoms with Crippen LogP contribution in [0.1, 0.15) is 46.7 Å². The molecule has 1 atom stereocenters. The van der Waals surface area contributed by atoms with Gasteiger partial charge in [0.2, 0.25) is 0 Å². The quantitative estimate of drug-likeness (QED) is 0.428. The number of nitrogens with zero attached hydrogens (tertiary/aromatic N) is 1. The first-order valence-corrected chi connectivity index (χ1v) is 11.3. The third-order valence-corrected chi connectivity index (χ3v) is 6.21. The first-order chi connectivity index (χ1) is 14.8. The largest absolute Gasteiger partial charge is 0.768 e. The van der Waals surface area contributed by atoms with Crippen LogP contribution in [0.2, 0.25) is 0 Å². The summed E-state index contributed by atoms with van der Waals surface area (Å²) in [6, 6.07) is 4.48. The molecule has 2 heterocycles. The van der Waals surface area contributed by atoms with E-state index in [1.54, 1.807) is 12.1 Å². The number of hydrogen-bond donors (Lipinski definition) is 3. The minimum atomic E-state index is -2.39. The van der Waals surface area contributed by atoms with Gasteiger partial charge in [0.1, 0.15) is 0 Å². The molecular weight excluding hydrogens is 416 g/mol. The summed E-state index contributed by atoms with van der Waals surface area (Å²) in [5.41, 5.74) is 4.05. The Hall–Kier alpha value is -2.75. The molecule has 1 aliphatic rings. The highest BCUT2D eigenvalue weighted by Gasteiger charge is 2.26. The molecule has 3 rings (SSSR count). The topological polar surface area (TPSA) is 117 Å². The number of H-pyrrole nitrogens is 1. The maximum atomic E-state index is 12.8. The van der Waals surface area contributed by atoms with Crippen molar-refractivity contribution in [2.75, 3.05) is 31.5 Å². The lowest BCUT2D eigenvalue weighted by atomic mass is 10.0. The zero-order chi connectivity index (χ0) is 22.7. The lowest BCUT2D eigenvalue weighted by molar-refractivity contribution is -0.110. The smallest absolute Gasteiger partial charge is 0.256 e. The number of fused-ring (bicyclic) bond motifs is 1. The maximum Gasteiger partial charge on any atom is 0.256 e. The second-order valence-corrected chi connectivity index (χ2v) is 8.34. The van der Waals surface area contributed by atoms with Crippen LogP contribution < -0.4 is 10.6 Å². The number of carbonyl (C=O) groups is 2. The molecule has 31 heavy (non-hydrogen) atoms. The summed E-state index contributed by atoms with van der Waals surface area (Å²) in [5.74, 6) is -0.482. The summed E-state index contributed by atoms with van der Waals surface area (Å²) >= 11 is -2.39. The van der Waals surface area contributed by atoms with Gasteiger partial charge in [-0.1, -0.05) is 13.8 Å². The molecule has 0 saturated carbocycles. The Balaban J connectivity index is 1.87. The van der Waals surface area contributed by atoms with Crippen LogP contribution in [0.5, 0.6) is 0 Å². The summed E-state index contributed by atoms with van der Waals surface area (Å²) in [6.07, 6.45) is 1.66. The fraction of sp³-hybridized carbons (Fsp3) is 0.364. The van der Waals surface area contributed by atoms with Gasteiger partial charge < -0.3 is 25.1 Å². The summed E-state index contributed by atoms with van der Waals surface area (Å²) in [7, 11) is 0. The van der Waals surface area contributed by atoms with Gasteiger partial charge in [-0.2, -0.15) is 0 Å². The summed E-state index contributed by atoms with van der Waals surface area (Å²) in [4.78, 5) is 30.8. The van der Waals surface area contributed by atoms with Gasteiger partial charge in [0.05, 0.1) is 11.1 Å². The first-order valence-electron chi connectivity index (χ1n) is 10.2. The Kier molecular flexibility index (Phi) is 7.09. The van der Waals surface area contributed by atoms with Gasteiger partial charge in [0.25, 0.3) is 11.8 Å². The molecule has 3 N–H and O–H groups in total. The van der Waals surface area contributed by atoms with Crippen LogP contribution >= 0.6 is 0 Å². The Morgan fingerprint density at radius 1 is 1.26 bits per heavy atom. The number of benzene rings is 1. The van der Waals surface area contributed by atoms with Crippen molar-refractivity contribution in [2.24, 2.45) is 0 Å². The molecule has 0 saturated heterocycles. The van der Waals surface area contributed by atoms with E-state index in [1.165, 1.54) is 12.1 Å². The highest BCUT2D eigenvalue weighted by molar-refractivity contribution is 7.79. The molecule has 8 nitrogen and oxygen atoms in total. The van der Waals surface area contributed by atoms with Crippen molar-refractivity contribution < 1.29 is 18.4 Å². The van der Waals surface area contributed by atoms with E-state index in [0.29, 0.717) is 40.3 Å². The predicted octanol–water partition coefficient (Wildman–Crippen LogP) is 2.43. The zero-order valence-electron chi connectivity index (χ0n) is 18.1. The summed E-state index contributed by atoms with van der Waals surface area (Å²) in [5, 5.41) is 5.70. The SMILES string of the molecule is CCN(CC)CCNC(=O)c1c(C)[nH]c(C=C2C(=O)Nc3ccc(S(=O)[O-])cc32)c1C. The van der Waals surface area contributed by atoms with E-state index in [2.05, 4.69) is 34.4 Å². The Bertz CT molecular complexity index is 1070. The van der Waals surface area contributed by atoms with Crippen LogP contribution in [0.15, 0.2) is 23.1 Å². The second-order valence-electron chi connectivity index (χ2n) is 7.40. The average molecular weight is 444 g/mol. The molecule has 1 aliphatic heterocycles. The third kappa shape index (κ3) is 4.79. The number of rotatable bonds is 8. The standard InChI is InChI=1S/C22H28N4O4S/c1-5-26(6-2)10-9-23-22(28)20-13(3)19(24-14(20)4)12-17-16-11-15(31(29)30)7-8-18(16)25-21(17)27/h7-8,11-12,24H,5-6,9-10H2,1-4H3,(H,23,28)(H,25,27)(H,29,30)/p-1. The van der Waals surface area contributed by atoms with Crippen LogP contribution in [0.25, 0.3) is 11.6 Å². The van der Waals surface area contributed by atoms with E-state index >= 15 is 0 Å². The third-order valence-electron chi connectivity index (χ3n) is 5.57. The number of anilines is 1. The number of aryl methyl sites for hydroxylation is 1. The molecule has 9 heteroatoms. The number of aromatic amines is 1. The van der Waals surface area contributed by atoms with Crippen molar-refractivity contribution in [1.82, 2.24) is 15.2 Å². The van der Waals surface area contributed by atoms with Crippen LogP contribution in [-0.4, -0.2) is 56.6 Å². The Morgan fingerprint density at radius 2 is 1.97 bits per heavy atom. The lowest BCUT2D eigenvalue weighted by Gasteiger charge is -2.18. The molecule has 2 amide bonds. The average Bonchev–Trinajstić information content (AvgIpc) is 3.20. The number of likely N-dealkylation sites (N-methyl/N-ethyl adjacent to an activating group) is 1. The molecule has 1 unspecified atom stereocenters. The van der Waals surface area contributed by atoms with Crippen molar-refractivity contribution in [1.29, 1.82) is 0 Å². The van der Waals surface area contributed by atoms with E-state index in [4.69, 9.17) is 0 Å². The van der Waals surface area contributed by atoms with Crippen molar-refractivity contribution in [2.45, 2.75) is 32.6 Å². The van der Waals surface area contributed by atoms with Crippen LogP contribution in [0.4, 0.5) is 5.69 Å². The molecule has 2 aromatic rings. The Labute approximate surface area is 184 Å². The van der Waals surface area contributed by atoms with Crippen LogP contribution in [0.3, 0.4) is 0 Å². The van der Waals surface area contributed by atoms with E-state index in [9.17, 15) is 18.4 Å². The van der Waals surface area contributed by atoms with Crippen LogP contribution in [-0.2, 0) is 15.9 Å². The summed E-state index contributed by atoms with van der Waals surface area (Å²) < 4.78 is 22.6. The van der Waals surface area contributed by atoms with Gasteiger partial charge in [0.15, 0.2) is 0 Å². The van der Waals surface area contributed by atoms with E-state index in [0.717, 1.165) is 25.2 Å². The van der Waals surface area contributed by atoms with Crippen molar-refractivity contribution in [3.8, 4) is 0 Å². The van der Waals surface area contributed by atoms with Crippen molar-refractivity contribution in [3.05, 3.63) is 46.3 Å². The molecule has 0 spiro atoms.